The van der Waals surface area contributed by atoms with E-state index >= 15 is 0 Å². The Bertz CT molecular complexity index is 811. The number of hydrogen-bond donors (Lipinski definition) is 1. The maximum absolute atomic E-state index is 12.0. The lowest BCUT2D eigenvalue weighted by Crippen LogP contribution is -2.23. The van der Waals surface area contributed by atoms with Gasteiger partial charge in [0.05, 0.1) is 0 Å². The van der Waals surface area contributed by atoms with Gasteiger partial charge in [-0.05, 0) is 42.7 Å². The molecule has 0 saturated heterocycles. The highest BCUT2D eigenvalue weighted by molar-refractivity contribution is 5.91. The van der Waals surface area contributed by atoms with Gasteiger partial charge >= 0.3 is 0 Å². The molecule has 0 fully saturated rings. The molecular weight excluding hydrogens is 322 g/mol. The number of nitrogens with one attached hydrogen (secondary N) is 1. The van der Waals surface area contributed by atoms with Crippen LogP contribution in [0.5, 0.6) is 0 Å². The van der Waals surface area contributed by atoms with Crippen LogP contribution in [0.2, 0.25) is 0 Å². The summed E-state index contributed by atoms with van der Waals surface area (Å²) in [6.07, 6.45) is 4.04. The van der Waals surface area contributed by atoms with E-state index in [4.69, 9.17) is 4.42 Å². The van der Waals surface area contributed by atoms with Crippen molar-refractivity contribution in [2.45, 2.75) is 19.3 Å². The van der Waals surface area contributed by atoms with Crippen molar-refractivity contribution >= 4 is 12.0 Å². The topological polar surface area (TPSA) is 42.2 Å². The molecule has 1 amide bonds. The number of benzene rings is 2. The number of carbonyl (C=O) groups excluding carboxylic acids is 1. The van der Waals surface area contributed by atoms with E-state index in [0.717, 1.165) is 12.2 Å². The highest BCUT2D eigenvalue weighted by Crippen LogP contribution is 2.27. The minimum absolute atomic E-state index is 0.112. The zero-order chi connectivity index (χ0) is 18.2. The number of aryl methyl sites for hydroxylation is 1. The fourth-order valence-electron chi connectivity index (χ4n) is 3.00. The Morgan fingerprint density at radius 2 is 1.58 bits per heavy atom. The van der Waals surface area contributed by atoms with Crippen molar-refractivity contribution in [3.63, 3.8) is 0 Å². The van der Waals surface area contributed by atoms with E-state index in [1.54, 1.807) is 6.08 Å². The molecule has 0 saturated carbocycles. The second-order valence-corrected chi connectivity index (χ2v) is 6.24. The van der Waals surface area contributed by atoms with Gasteiger partial charge < -0.3 is 9.73 Å². The number of carbonyl (C=O) groups is 1. The fourth-order valence-corrected chi connectivity index (χ4v) is 3.00. The lowest BCUT2D eigenvalue weighted by Gasteiger charge is -2.18. The summed E-state index contributed by atoms with van der Waals surface area (Å²) in [6, 6.07) is 24.5. The van der Waals surface area contributed by atoms with Gasteiger partial charge in [0.2, 0.25) is 5.91 Å². The smallest absolute Gasteiger partial charge is 0.244 e. The molecule has 26 heavy (non-hydrogen) atoms. The van der Waals surface area contributed by atoms with Crippen LogP contribution in [0.15, 0.2) is 83.3 Å². The average Bonchev–Trinajstić information content (AvgIpc) is 3.10. The summed E-state index contributed by atoms with van der Waals surface area (Å²) < 4.78 is 5.43. The number of hydrogen-bond acceptors (Lipinski definition) is 2. The van der Waals surface area contributed by atoms with Crippen molar-refractivity contribution < 1.29 is 9.21 Å². The van der Waals surface area contributed by atoms with Gasteiger partial charge in [-0.1, -0.05) is 60.7 Å². The van der Waals surface area contributed by atoms with E-state index in [1.807, 2.05) is 31.2 Å². The van der Waals surface area contributed by atoms with Crippen LogP contribution >= 0.6 is 0 Å². The van der Waals surface area contributed by atoms with E-state index < -0.39 is 0 Å². The summed E-state index contributed by atoms with van der Waals surface area (Å²) in [5, 5.41) is 2.96. The Labute approximate surface area is 154 Å². The van der Waals surface area contributed by atoms with Crippen LogP contribution < -0.4 is 5.32 Å². The first-order valence-corrected chi connectivity index (χ1v) is 8.84. The third-order valence-corrected chi connectivity index (χ3v) is 4.30. The largest absolute Gasteiger partial charge is 0.462 e. The fraction of sp³-hybridized carbons (Fsp3) is 0.174. The Kier molecular flexibility index (Phi) is 6.05. The first-order chi connectivity index (χ1) is 12.7. The minimum Gasteiger partial charge on any atom is -0.462 e. The molecule has 1 N–H and O–H groups in total. The summed E-state index contributed by atoms with van der Waals surface area (Å²) in [5.41, 5.74) is 2.52. The Morgan fingerprint density at radius 3 is 2.12 bits per heavy atom. The molecule has 3 heteroatoms. The molecule has 3 nitrogen and oxygen atoms in total. The lowest BCUT2D eigenvalue weighted by molar-refractivity contribution is -0.116. The molecule has 3 rings (SSSR count). The molecule has 3 aromatic rings. The second-order valence-electron chi connectivity index (χ2n) is 6.24. The molecule has 1 aromatic heterocycles. The Hall–Kier alpha value is -3.07. The third-order valence-electron chi connectivity index (χ3n) is 4.30. The normalized spacial score (nSPS) is 11.2. The molecule has 0 aliphatic rings. The first-order valence-electron chi connectivity index (χ1n) is 8.84. The van der Waals surface area contributed by atoms with Crippen LogP contribution in [0.1, 0.15) is 35.0 Å². The highest BCUT2D eigenvalue weighted by atomic mass is 16.3. The zero-order valence-electron chi connectivity index (χ0n) is 14.9. The quantitative estimate of drug-likeness (QED) is 0.616. The van der Waals surface area contributed by atoms with Gasteiger partial charge in [-0.2, -0.15) is 0 Å². The average molecular weight is 345 g/mol. The lowest BCUT2D eigenvalue weighted by atomic mass is 9.88. The summed E-state index contributed by atoms with van der Waals surface area (Å²) in [4.78, 5) is 12.0. The van der Waals surface area contributed by atoms with Crippen LogP contribution in [0.4, 0.5) is 0 Å². The van der Waals surface area contributed by atoms with Gasteiger partial charge in [0.1, 0.15) is 11.5 Å². The van der Waals surface area contributed by atoms with Gasteiger partial charge in [0, 0.05) is 18.5 Å². The Morgan fingerprint density at radius 1 is 0.962 bits per heavy atom. The van der Waals surface area contributed by atoms with Crippen molar-refractivity contribution in [3.05, 3.63) is 102 Å². The second kappa shape index (κ2) is 8.86. The third kappa shape index (κ3) is 4.96. The summed E-state index contributed by atoms with van der Waals surface area (Å²) in [7, 11) is 0. The van der Waals surface area contributed by atoms with E-state index in [-0.39, 0.29) is 11.8 Å². The number of furan rings is 1. The van der Waals surface area contributed by atoms with Gasteiger partial charge in [-0.15, -0.1) is 0 Å². The zero-order valence-corrected chi connectivity index (χ0v) is 14.9. The molecule has 0 bridgehead atoms. The molecule has 1 heterocycles. The molecule has 0 aliphatic carbocycles. The standard InChI is InChI=1S/C23H23NO2/c1-18-12-13-21(26-18)14-15-23(25)24-17-16-22(19-8-4-2-5-9-19)20-10-6-3-7-11-20/h2-15,22H,16-17H2,1H3,(H,24,25). The number of rotatable bonds is 7. The van der Waals surface area contributed by atoms with Crippen molar-refractivity contribution in [2.24, 2.45) is 0 Å². The van der Waals surface area contributed by atoms with Crippen molar-refractivity contribution in [2.75, 3.05) is 6.54 Å². The van der Waals surface area contributed by atoms with Crippen molar-refractivity contribution in [1.29, 1.82) is 0 Å². The SMILES string of the molecule is Cc1ccc(C=CC(=O)NCCC(c2ccccc2)c2ccccc2)o1. The monoisotopic (exact) mass is 345 g/mol. The van der Waals surface area contributed by atoms with E-state index in [1.165, 1.54) is 17.2 Å². The summed E-state index contributed by atoms with van der Waals surface area (Å²) >= 11 is 0. The van der Waals surface area contributed by atoms with Gasteiger partial charge in [-0.3, -0.25) is 4.79 Å². The molecule has 0 radical (unpaired) electrons. The number of amides is 1. The van der Waals surface area contributed by atoms with Gasteiger partial charge in [-0.25, -0.2) is 0 Å². The predicted octanol–water partition coefficient (Wildman–Crippen LogP) is 4.94. The molecular formula is C23H23NO2. The van der Waals surface area contributed by atoms with Gasteiger partial charge in [0.15, 0.2) is 0 Å². The maximum atomic E-state index is 12.0. The molecule has 0 aliphatic heterocycles. The van der Waals surface area contributed by atoms with Gasteiger partial charge in [0.25, 0.3) is 0 Å². The van der Waals surface area contributed by atoms with Crippen LogP contribution in [-0.2, 0) is 4.79 Å². The molecule has 0 atom stereocenters. The van der Waals surface area contributed by atoms with E-state index in [9.17, 15) is 4.79 Å². The molecule has 2 aromatic carbocycles. The van der Waals surface area contributed by atoms with Crippen LogP contribution in [0.3, 0.4) is 0 Å². The molecule has 0 spiro atoms. The van der Waals surface area contributed by atoms with Crippen LogP contribution in [-0.4, -0.2) is 12.5 Å². The molecule has 0 unspecified atom stereocenters. The van der Waals surface area contributed by atoms with Crippen molar-refractivity contribution in [1.82, 2.24) is 5.32 Å². The maximum Gasteiger partial charge on any atom is 0.244 e. The molecule has 132 valence electrons. The van der Waals surface area contributed by atoms with E-state index in [0.29, 0.717) is 12.3 Å². The summed E-state index contributed by atoms with van der Waals surface area (Å²) in [6.45, 7) is 2.49. The Balaban J connectivity index is 1.60. The minimum atomic E-state index is -0.112. The van der Waals surface area contributed by atoms with E-state index in [2.05, 4.69) is 53.8 Å². The highest BCUT2D eigenvalue weighted by Gasteiger charge is 2.13. The predicted molar refractivity (Wildman–Crippen MR) is 105 cm³/mol. The summed E-state index contributed by atoms with van der Waals surface area (Å²) in [5.74, 6) is 1.66. The first kappa shape index (κ1) is 17.7. The van der Waals surface area contributed by atoms with Crippen LogP contribution in [0.25, 0.3) is 6.08 Å². The van der Waals surface area contributed by atoms with Crippen molar-refractivity contribution in [3.8, 4) is 0 Å². The van der Waals surface area contributed by atoms with Crippen LogP contribution in [0, 0.1) is 6.92 Å².